The molecule has 0 spiro atoms. The van der Waals surface area contributed by atoms with E-state index in [4.69, 9.17) is 4.74 Å². The predicted molar refractivity (Wildman–Crippen MR) is 105 cm³/mol. The Labute approximate surface area is 158 Å². The molecule has 1 aliphatic heterocycles. The van der Waals surface area contributed by atoms with Gasteiger partial charge in [0.1, 0.15) is 5.01 Å². The van der Waals surface area contributed by atoms with Gasteiger partial charge in [-0.3, -0.25) is 5.32 Å². The number of aryl methyl sites for hydroxylation is 1. The van der Waals surface area contributed by atoms with Crippen molar-refractivity contribution in [3.05, 3.63) is 35.3 Å². The van der Waals surface area contributed by atoms with Crippen molar-refractivity contribution < 1.29 is 9.53 Å². The SMILES string of the molecule is CCc1csc(-c2ccccc2NC(=O)OCC2CCNCC2)n1.Cl. The van der Waals surface area contributed by atoms with Crippen LogP contribution < -0.4 is 10.6 Å². The third-order valence-corrected chi connectivity index (χ3v) is 5.14. The molecule has 1 aromatic heterocycles. The monoisotopic (exact) mass is 381 g/mol. The van der Waals surface area contributed by atoms with E-state index >= 15 is 0 Å². The largest absolute Gasteiger partial charge is 0.449 e. The van der Waals surface area contributed by atoms with Crippen molar-refractivity contribution in [3.8, 4) is 10.6 Å². The number of aromatic nitrogens is 1. The summed E-state index contributed by atoms with van der Waals surface area (Å²) in [6.07, 6.45) is 2.63. The standard InChI is InChI=1S/C18H23N3O2S.ClH/c1-2-14-12-24-17(20-14)15-5-3-4-6-16(15)21-18(22)23-11-13-7-9-19-10-8-13;/h3-6,12-13,19H,2,7-11H2,1H3,(H,21,22);1H. The minimum Gasteiger partial charge on any atom is -0.449 e. The van der Waals surface area contributed by atoms with Crippen LogP contribution in [0, 0.1) is 5.92 Å². The van der Waals surface area contributed by atoms with E-state index in [1.165, 1.54) is 0 Å². The first kappa shape index (κ1) is 19.7. The molecule has 0 unspecified atom stereocenters. The van der Waals surface area contributed by atoms with E-state index in [1.807, 2.05) is 24.3 Å². The highest BCUT2D eigenvalue weighted by Crippen LogP contribution is 2.30. The van der Waals surface area contributed by atoms with E-state index in [9.17, 15) is 4.79 Å². The summed E-state index contributed by atoms with van der Waals surface area (Å²) in [5.74, 6) is 0.457. The van der Waals surface area contributed by atoms with Crippen LogP contribution in [-0.2, 0) is 11.2 Å². The third-order valence-electron chi connectivity index (χ3n) is 4.22. The minimum atomic E-state index is -0.395. The van der Waals surface area contributed by atoms with Gasteiger partial charge in [-0.2, -0.15) is 0 Å². The molecular weight excluding hydrogens is 358 g/mol. The number of ether oxygens (including phenoxy) is 1. The lowest BCUT2D eigenvalue weighted by Crippen LogP contribution is -2.31. The summed E-state index contributed by atoms with van der Waals surface area (Å²) in [5, 5.41) is 9.15. The van der Waals surface area contributed by atoms with Crippen molar-refractivity contribution in [2.75, 3.05) is 25.0 Å². The maximum atomic E-state index is 12.1. The van der Waals surface area contributed by atoms with E-state index in [2.05, 4.69) is 27.9 Å². The molecule has 1 amide bonds. The zero-order chi connectivity index (χ0) is 16.8. The number of thiazole rings is 1. The lowest BCUT2D eigenvalue weighted by molar-refractivity contribution is 0.131. The van der Waals surface area contributed by atoms with E-state index < -0.39 is 6.09 Å². The molecule has 2 heterocycles. The van der Waals surface area contributed by atoms with Gasteiger partial charge in [0, 0.05) is 10.9 Å². The van der Waals surface area contributed by atoms with E-state index in [0.29, 0.717) is 12.5 Å². The molecule has 0 bridgehead atoms. The number of halogens is 1. The van der Waals surface area contributed by atoms with Gasteiger partial charge in [0.25, 0.3) is 0 Å². The summed E-state index contributed by atoms with van der Waals surface area (Å²) in [5.41, 5.74) is 2.74. The van der Waals surface area contributed by atoms with Crippen LogP contribution >= 0.6 is 23.7 Å². The molecule has 25 heavy (non-hydrogen) atoms. The summed E-state index contributed by atoms with van der Waals surface area (Å²) in [6.45, 7) is 4.57. The van der Waals surface area contributed by atoms with E-state index in [1.54, 1.807) is 11.3 Å². The van der Waals surface area contributed by atoms with Crippen molar-refractivity contribution in [2.24, 2.45) is 5.92 Å². The normalized spacial score (nSPS) is 14.6. The number of carbonyl (C=O) groups is 1. The highest BCUT2D eigenvalue weighted by molar-refractivity contribution is 7.13. The quantitative estimate of drug-likeness (QED) is 0.808. The Morgan fingerprint density at radius 1 is 1.36 bits per heavy atom. The van der Waals surface area contributed by atoms with Gasteiger partial charge in [-0.1, -0.05) is 19.1 Å². The van der Waals surface area contributed by atoms with E-state index in [0.717, 1.165) is 54.3 Å². The van der Waals surface area contributed by atoms with Crippen molar-refractivity contribution >= 4 is 35.5 Å². The van der Waals surface area contributed by atoms with Crippen LogP contribution in [-0.4, -0.2) is 30.8 Å². The first-order chi connectivity index (χ1) is 11.8. The maximum Gasteiger partial charge on any atom is 0.411 e. The fraction of sp³-hybridized carbons (Fsp3) is 0.444. The zero-order valence-electron chi connectivity index (χ0n) is 14.3. The van der Waals surface area contributed by atoms with Gasteiger partial charge >= 0.3 is 6.09 Å². The van der Waals surface area contributed by atoms with Gasteiger partial charge in [-0.25, -0.2) is 9.78 Å². The Kier molecular flexibility index (Phi) is 7.68. The lowest BCUT2D eigenvalue weighted by Gasteiger charge is -2.22. The van der Waals surface area contributed by atoms with Crippen LogP contribution in [0.1, 0.15) is 25.5 Å². The molecule has 5 nitrogen and oxygen atoms in total. The number of hydrogen-bond acceptors (Lipinski definition) is 5. The summed E-state index contributed by atoms with van der Waals surface area (Å²) in [7, 11) is 0. The number of para-hydroxylation sites is 1. The number of piperidine rings is 1. The van der Waals surface area contributed by atoms with Crippen LogP contribution in [0.2, 0.25) is 0 Å². The summed E-state index contributed by atoms with van der Waals surface area (Å²) < 4.78 is 5.41. The Hall–Kier alpha value is -1.63. The smallest absolute Gasteiger partial charge is 0.411 e. The average Bonchev–Trinajstić information content (AvgIpc) is 3.10. The van der Waals surface area contributed by atoms with Gasteiger partial charge in [-0.05, 0) is 50.4 Å². The number of anilines is 1. The Morgan fingerprint density at radius 3 is 2.84 bits per heavy atom. The maximum absolute atomic E-state index is 12.1. The summed E-state index contributed by atoms with van der Waals surface area (Å²) in [4.78, 5) is 16.7. The molecule has 136 valence electrons. The molecule has 0 saturated carbocycles. The minimum absolute atomic E-state index is 0. The molecule has 7 heteroatoms. The van der Waals surface area contributed by atoms with Crippen LogP contribution in [0.3, 0.4) is 0 Å². The van der Waals surface area contributed by atoms with Crippen molar-refractivity contribution in [1.82, 2.24) is 10.3 Å². The molecule has 2 aromatic rings. The Balaban J connectivity index is 0.00000225. The van der Waals surface area contributed by atoms with Gasteiger partial charge in [0.15, 0.2) is 0 Å². The topological polar surface area (TPSA) is 63.2 Å². The zero-order valence-corrected chi connectivity index (χ0v) is 15.9. The number of hydrogen-bond donors (Lipinski definition) is 2. The highest BCUT2D eigenvalue weighted by Gasteiger charge is 2.16. The second-order valence-corrected chi connectivity index (χ2v) is 6.82. The number of amides is 1. The van der Waals surface area contributed by atoms with Gasteiger partial charge in [0.2, 0.25) is 0 Å². The second-order valence-electron chi connectivity index (χ2n) is 5.96. The molecule has 2 N–H and O–H groups in total. The molecule has 1 fully saturated rings. The summed E-state index contributed by atoms with van der Waals surface area (Å²) >= 11 is 1.59. The van der Waals surface area contributed by atoms with Crippen molar-refractivity contribution in [1.29, 1.82) is 0 Å². The average molecular weight is 382 g/mol. The van der Waals surface area contributed by atoms with Gasteiger partial charge < -0.3 is 10.1 Å². The highest BCUT2D eigenvalue weighted by atomic mass is 35.5. The third kappa shape index (κ3) is 5.42. The molecule has 0 atom stereocenters. The van der Waals surface area contributed by atoms with Crippen LogP contribution in [0.5, 0.6) is 0 Å². The van der Waals surface area contributed by atoms with Crippen molar-refractivity contribution in [2.45, 2.75) is 26.2 Å². The number of nitrogens with one attached hydrogen (secondary N) is 2. The van der Waals surface area contributed by atoms with Gasteiger partial charge in [-0.15, -0.1) is 23.7 Å². The number of nitrogens with zero attached hydrogens (tertiary/aromatic N) is 1. The van der Waals surface area contributed by atoms with Crippen LogP contribution in [0.25, 0.3) is 10.6 Å². The fourth-order valence-corrected chi connectivity index (χ4v) is 3.70. The molecule has 0 aliphatic carbocycles. The Morgan fingerprint density at radius 2 is 2.12 bits per heavy atom. The van der Waals surface area contributed by atoms with Gasteiger partial charge in [0.05, 0.1) is 18.0 Å². The molecule has 3 rings (SSSR count). The number of rotatable bonds is 5. The fourth-order valence-electron chi connectivity index (χ4n) is 2.76. The molecule has 1 aromatic carbocycles. The van der Waals surface area contributed by atoms with Crippen molar-refractivity contribution in [3.63, 3.8) is 0 Å². The molecule has 1 saturated heterocycles. The second kappa shape index (κ2) is 9.75. The molecule has 1 aliphatic rings. The number of benzene rings is 1. The first-order valence-electron chi connectivity index (χ1n) is 8.44. The van der Waals surface area contributed by atoms with Crippen LogP contribution in [0.4, 0.5) is 10.5 Å². The summed E-state index contributed by atoms with van der Waals surface area (Å²) in [6, 6.07) is 7.71. The Bertz CT molecular complexity index is 686. The predicted octanol–water partition coefficient (Wildman–Crippen LogP) is 4.34. The lowest BCUT2D eigenvalue weighted by atomic mass is 9.99. The van der Waals surface area contributed by atoms with E-state index in [-0.39, 0.29) is 12.4 Å². The molecule has 0 radical (unpaired) electrons. The van der Waals surface area contributed by atoms with Crippen LogP contribution in [0.15, 0.2) is 29.6 Å². The molecular formula is C18H24ClN3O2S. The first-order valence-corrected chi connectivity index (χ1v) is 9.32. The number of carbonyl (C=O) groups excluding carboxylic acids is 1.